The molecule has 0 aromatic heterocycles. The number of carbonyl (C=O) groups is 3. The van der Waals surface area contributed by atoms with Crippen LogP contribution in [0.3, 0.4) is 0 Å². The predicted molar refractivity (Wildman–Crippen MR) is 70.4 cm³/mol. The Hall–Kier alpha value is -1.28. The molecule has 0 saturated carbocycles. The van der Waals surface area contributed by atoms with Crippen molar-refractivity contribution >= 4 is 18.5 Å². The van der Waals surface area contributed by atoms with Crippen molar-refractivity contribution in [3.63, 3.8) is 0 Å². The Bertz CT molecular complexity index is 494. The Morgan fingerprint density at radius 2 is 1.85 bits per heavy atom. The summed E-state index contributed by atoms with van der Waals surface area (Å²) in [7, 11) is 5.95. The molecular formula is C14H18INO4. The van der Waals surface area contributed by atoms with Crippen molar-refractivity contribution < 1.29 is 47.6 Å². The van der Waals surface area contributed by atoms with Crippen molar-refractivity contribution in [3.05, 3.63) is 34.9 Å². The summed E-state index contributed by atoms with van der Waals surface area (Å²) in [5, 5.41) is 0. The van der Waals surface area contributed by atoms with Gasteiger partial charge in [0.15, 0.2) is 12.6 Å². The van der Waals surface area contributed by atoms with Gasteiger partial charge in [0.2, 0.25) is 0 Å². The van der Waals surface area contributed by atoms with E-state index in [0.29, 0.717) is 23.6 Å². The standard InChI is InChI=1S/C14H18NO4.HI/c1-15(2,3)7-8-19-14(18)12-6-4-5-11(9-16)13(12)10-17;/h4-6,9-10H,7-8H2,1-3H3;1H/q+1;/p-1. The lowest BCUT2D eigenvalue weighted by Gasteiger charge is -2.23. The fraction of sp³-hybridized carbons (Fsp3) is 0.357. The van der Waals surface area contributed by atoms with Gasteiger partial charge in [-0.15, -0.1) is 0 Å². The van der Waals surface area contributed by atoms with Crippen LogP contribution >= 0.6 is 0 Å². The quantitative estimate of drug-likeness (QED) is 0.248. The molecule has 6 heteroatoms. The van der Waals surface area contributed by atoms with Gasteiger partial charge in [-0.2, -0.15) is 0 Å². The van der Waals surface area contributed by atoms with Crippen LogP contribution in [0, 0.1) is 0 Å². The number of nitrogens with zero attached hydrogens (tertiary/aromatic N) is 1. The van der Waals surface area contributed by atoms with Crippen LogP contribution in [0.1, 0.15) is 31.1 Å². The number of benzene rings is 1. The zero-order valence-corrected chi connectivity index (χ0v) is 13.9. The van der Waals surface area contributed by atoms with Crippen LogP contribution < -0.4 is 24.0 Å². The number of hydrogen-bond acceptors (Lipinski definition) is 4. The molecule has 0 aliphatic heterocycles. The molecule has 110 valence electrons. The maximum absolute atomic E-state index is 11.9. The zero-order valence-electron chi connectivity index (χ0n) is 11.8. The van der Waals surface area contributed by atoms with E-state index in [-0.39, 0.29) is 47.3 Å². The number of likely N-dealkylation sites (N-methyl/N-ethyl adjacent to an activating group) is 1. The first-order chi connectivity index (χ1) is 8.89. The summed E-state index contributed by atoms with van der Waals surface area (Å²) in [4.78, 5) is 33.6. The van der Waals surface area contributed by atoms with Gasteiger partial charge in [0.05, 0.1) is 26.7 Å². The first-order valence-corrected chi connectivity index (χ1v) is 5.90. The van der Waals surface area contributed by atoms with Gasteiger partial charge in [0.1, 0.15) is 13.2 Å². The molecule has 0 amide bonds. The molecule has 0 atom stereocenters. The molecular weight excluding hydrogens is 373 g/mol. The fourth-order valence-corrected chi connectivity index (χ4v) is 1.49. The second-order valence-corrected chi connectivity index (χ2v) is 5.19. The van der Waals surface area contributed by atoms with Crippen LogP contribution in [-0.2, 0) is 4.74 Å². The molecule has 20 heavy (non-hydrogen) atoms. The maximum atomic E-state index is 11.9. The fourth-order valence-electron chi connectivity index (χ4n) is 1.49. The second kappa shape index (κ2) is 8.11. The zero-order chi connectivity index (χ0) is 14.5. The number of quaternary nitrogens is 1. The van der Waals surface area contributed by atoms with Gasteiger partial charge in [-0.25, -0.2) is 4.79 Å². The third-order valence-corrected chi connectivity index (χ3v) is 2.60. The number of rotatable bonds is 6. The van der Waals surface area contributed by atoms with E-state index in [1.807, 2.05) is 21.1 Å². The highest BCUT2D eigenvalue weighted by Gasteiger charge is 2.16. The van der Waals surface area contributed by atoms with Crippen LogP contribution in [0.5, 0.6) is 0 Å². The van der Waals surface area contributed by atoms with Crippen LogP contribution in [0.25, 0.3) is 0 Å². The minimum Gasteiger partial charge on any atom is -1.00 e. The molecule has 0 unspecified atom stereocenters. The highest BCUT2D eigenvalue weighted by atomic mass is 127. The summed E-state index contributed by atoms with van der Waals surface area (Å²) in [5.74, 6) is -0.584. The number of esters is 1. The monoisotopic (exact) mass is 391 g/mol. The van der Waals surface area contributed by atoms with E-state index in [0.717, 1.165) is 0 Å². The molecule has 0 fully saturated rings. The van der Waals surface area contributed by atoms with Gasteiger partial charge in [0, 0.05) is 11.1 Å². The van der Waals surface area contributed by atoms with Crippen LogP contribution in [0.15, 0.2) is 18.2 Å². The number of hydrogen-bond donors (Lipinski definition) is 0. The van der Waals surface area contributed by atoms with Crippen molar-refractivity contribution in [2.75, 3.05) is 34.3 Å². The minimum absolute atomic E-state index is 0. The molecule has 1 aromatic carbocycles. The first kappa shape index (κ1) is 18.7. The van der Waals surface area contributed by atoms with Crippen LogP contribution in [0.4, 0.5) is 0 Å². The molecule has 1 rings (SSSR count). The van der Waals surface area contributed by atoms with Crippen molar-refractivity contribution in [2.24, 2.45) is 0 Å². The topological polar surface area (TPSA) is 60.4 Å². The van der Waals surface area contributed by atoms with E-state index < -0.39 is 5.97 Å². The van der Waals surface area contributed by atoms with Crippen molar-refractivity contribution in [3.8, 4) is 0 Å². The van der Waals surface area contributed by atoms with Crippen molar-refractivity contribution in [2.45, 2.75) is 0 Å². The molecule has 0 radical (unpaired) electrons. The second-order valence-electron chi connectivity index (χ2n) is 5.19. The maximum Gasteiger partial charge on any atom is 0.339 e. The van der Waals surface area contributed by atoms with Gasteiger partial charge in [-0.05, 0) is 6.07 Å². The summed E-state index contributed by atoms with van der Waals surface area (Å²) in [6.45, 7) is 0.918. The van der Waals surface area contributed by atoms with Gasteiger partial charge in [0.25, 0.3) is 0 Å². The Balaban J connectivity index is 0.00000361. The van der Waals surface area contributed by atoms with E-state index in [2.05, 4.69) is 0 Å². The molecule has 0 aliphatic carbocycles. The average molecular weight is 391 g/mol. The third kappa shape index (κ3) is 5.38. The summed E-state index contributed by atoms with van der Waals surface area (Å²) in [6.07, 6.45) is 1.05. The molecule has 0 spiro atoms. The Kier molecular flexibility index (Phi) is 7.59. The summed E-state index contributed by atoms with van der Waals surface area (Å²) < 4.78 is 5.79. The lowest BCUT2D eigenvalue weighted by molar-refractivity contribution is -0.870. The van der Waals surface area contributed by atoms with E-state index in [4.69, 9.17) is 4.74 Å². The smallest absolute Gasteiger partial charge is 0.339 e. The minimum atomic E-state index is -0.584. The average Bonchev–Trinajstić information content (AvgIpc) is 2.35. The van der Waals surface area contributed by atoms with Gasteiger partial charge >= 0.3 is 5.97 Å². The normalized spacial score (nSPS) is 10.3. The number of carbonyl (C=O) groups excluding carboxylic acids is 3. The molecule has 0 bridgehead atoms. The first-order valence-electron chi connectivity index (χ1n) is 5.90. The predicted octanol–water partition coefficient (Wildman–Crippen LogP) is -1.82. The highest BCUT2D eigenvalue weighted by Crippen LogP contribution is 2.12. The Morgan fingerprint density at radius 1 is 1.20 bits per heavy atom. The summed E-state index contributed by atoms with van der Waals surface area (Å²) in [5.41, 5.74) is 0.393. The number of ether oxygens (including phenoxy) is 1. The van der Waals surface area contributed by atoms with E-state index in [1.165, 1.54) is 12.1 Å². The van der Waals surface area contributed by atoms with Gasteiger partial charge < -0.3 is 33.2 Å². The Labute approximate surface area is 135 Å². The molecule has 1 aromatic rings. The Morgan fingerprint density at radius 3 is 2.35 bits per heavy atom. The van der Waals surface area contributed by atoms with E-state index >= 15 is 0 Å². The lowest BCUT2D eigenvalue weighted by atomic mass is 10.0. The summed E-state index contributed by atoms with van der Waals surface area (Å²) in [6, 6.07) is 4.51. The number of aldehydes is 2. The molecule has 5 nitrogen and oxygen atoms in total. The van der Waals surface area contributed by atoms with E-state index in [1.54, 1.807) is 6.07 Å². The van der Waals surface area contributed by atoms with Gasteiger partial charge in [-0.1, -0.05) is 12.1 Å². The lowest BCUT2D eigenvalue weighted by Crippen LogP contribution is -3.00. The summed E-state index contributed by atoms with van der Waals surface area (Å²) >= 11 is 0. The van der Waals surface area contributed by atoms with Crippen LogP contribution in [0.2, 0.25) is 0 Å². The van der Waals surface area contributed by atoms with E-state index in [9.17, 15) is 14.4 Å². The largest absolute Gasteiger partial charge is 1.00 e. The van der Waals surface area contributed by atoms with Crippen molar-refractivity contribution in [1.82, 2.24) is 0 Å². The van der Waals surface area contributed by atoms with Crippen LogP contribution in [-0.4, -0.2) is 57.3 Å². The van der Waals surface area contributed by atoms with Crippen molar-refractivity contribution in [1.29, 1.82) is 0 Å². The third-order valence-electron chi connectivity index (χ3n) is 2.60. The molecule has 0 heterocycles. The van der Waals surface area contributed by atoms with Gasteiger partial charge in [-0.3, -0.25) is 9.59 Å². The molecule has 0 N–H and O–H groups in total. The molecule has 0 saturated heterocycles. The molecule has 0 aliphatic rings. The SMILES string of the molecule is C[N+](C)(C)CCOC(=O)c1cccc(C=O)c1C=O.[I-]. The number of halogens is 1. The highest BCUT2D eigenvalue weighted by molar-refractivity contribution is 6.03.